The summed E-state index contributed by atoms with van der Waals surface area (Å²) in [5, 5.41) is 5.66. The third-order valence-corrected chi connectivity index (χ3v) is 3.78. The molecule has 0 aliphatic carbocycles. The third kappa shape index (κ3) is 7.27. The van der Waals surface area contributed by atoms with Crippen LogP contribution in [-0.4, -0.2) is 31.1 Å². The van der Waals surface area contributed by atoms with Crippen molar-refractivity contribution in [3.63, 3.8) is 0 Å². The Morgan fingerprint density at radius 1 is 1.24 bits per heavy atom. The van der Waals surface area contributed by atoms with Crippen LogP contribution < -0.4 is 5.32 Å². The summed E-state index contributed by atoms with van der Waals surface area (Å²) in [6.07, 6.45) is 0. The summed E-state index contributed by atoms with van der Waals surface area (Å²) in [5.41, 5.74) is 1.41. The molecule has 0 atom stereocenters. The highest BCUT2D eigenvalue weighted by molar-refractivity contribution is 7.10. The molecule has 5 heteroatoms. The lowest BCUT2D eigenvalue weighted by molar-refractivity contribution is 0.302. The Morgan fingerprint density at radius 3 is 2.35 bits per heavy atom. The van der Waals surface area contributed by atoms with Crippen LogP contribution >= 0.6 is 36.2 Å². The van der Waals surface area contributed by atoms with Crippen LogP contribution in [0.2, 0.25) is 0 Å². The van der Waals surface area contributed by atoms with Gasteiger partial charge in [0, 0.05) is 24.5 Å². The van der Waals surface area contributed by atoms with E-state index >= 15 is 0 Å². The summed E-state index contributed by atoms with van der Waals surface area (Å²) in [4.78, 5) is 3.91. The number of thiophene rings is 1. The third-order valence-electron chi connectivity index (χ3n) is 2.75. The van der Waals surface area contributed by atoms with Gasteiger partial charge < -0.3 is 10.2 Å². The Morgan fingerprint density at radius 2 is 1.88 bits per heavy atom. The van der Waals surface area contributed by atoms with Crippen LogP contribution in [0.4, 0.5) is 0 Å². The lowest BCUT2D eigenvalue weighted by atomic mass is 10.3. The predicted molar refractivity (Wildman–Crippen MR) is 83.0 cm³/mol. The molecule has 1 aromatic rings. The number of hydrogen-bond donors (Lipinski definition) is 1. The summed E-state index contributed by atoms with van der Waals surface area (Å²) >= 11 is 1.84. The highest BCUT2D eigenvalue weighted by Crippen LogP contribution is 2.14. The quantitative estimate of drug-likeness (QED) is 0.777. The highest BCUT2D eigenvalue weighted by Gasteiger charge is 2.00. The molecule has 0 unspecified atom stereocenters. The van der Waals surface area contributed by atoms with E-state index in [1.807, 2.05) is 11.3 Å². The number of nitrogens with one attached hydrogen (secondary N) is 1. The zero-order valence-corrected chi connectivity index (χ0v) is 13.3. The lowest BCUT2D eigenvalue weighted by Gasteiger charge is -2.17. The smallest absolute Gasteiger partial charge is 0.0302 e. The number of aryl methyl sites for hydroxylation is 1. The first-order chi connectivity index (χ1) is 7.27. The fourth-order valence-corrected chi connectivity index (χ4v) is 2.44. The van der Waals surface area contributed by atoms with Crippen LogP contribution in [0.25, 0.3) is 0 Å². The molecule has 0 amide bonds. The van der Waals surface area contributed by atoms with Gasteiger partial charge in [-0.1, -0.05) is 13.8 Å². The molecule has 2 nitrogen and oxygen atoms in total. The molecule has 0 aliphatic heterocycles. The van der Waals surface area contributed by atoms with Crippen molar-refractivity contribution >= 4 is 36.2 Å². The second kappa shape index (κ2) is 11.3. The summed E-state index contributed by atoms with van der Waals surface area (Å²) < 4.78 is 0. The average molecular weight is 299 g/mol. The predicted octanol–water partition coefficient (Wildman–Crippen LogP) is 3.33. The number of rotatable bonds is 7. The van der Waals surface area contributed by atoms with Gasteiger partial charge in [-0.25, -0.2) is 0 Å². The van der Waals surface area contributed by atoms with Crippen LogP contribution in [0.5, 0.6) is 0 Å². The molecule has 1 heterocycles. The van der Waals surface area contributed by atoms with E-state index < -0.39 is 0 Å². The van der Waals surface area contributed by atoms with Crippen molar-refractivity contribution in [3.05, 3.63) is 21.9 Å². The van der Waals surface area contributed by atoms with Crippen LogP contribution in [0.15, 0.2) is 11.4 Å². The topological polar surface area (TPSA) is 15.3 Å². The molecule has 0 aromatic carbocycles. The summed E-state index contributed by atoms with van der Waals surface area (Å²) in [6, 6.07) is 2.19. The number of nitrogens with zero attached hydrogens (tertiary/aromatic N) is 1. The van der Waals surface area contributed by atoms with E-state index in [4.69, 9.17) is 0 Å². The van der Waals surface area contributed by atoms with E-state index in [-0.39, 0.29) is 24.8 Å². The maximum Gasteiger partial charge on any atom is 0.0302 e. The Bertz CT molecular complexity index is 275. The van der Waals surface area contributed by atoms with Crippen LogP contribution in [0.3, 0.4) is 0 Å². The Hall–Kier alpha value is 0.200. The fourth-order valence-electron chi connectivity index (χ4n) is 1.56. The summed E-state index contributed by atoms with van der Waals surface area (Å²) in [5.74, 6) is 0. The van der Waals surface area contributed by atoms with Crippen LogP contribution in [0.1, 0.15) is 24.3 Å². The zero-order chi connectivity index (χ0) is 11.1. The molecule has 0 fully saturated rings. The van der Waals surface area contributed by atoms with E-state index in [1.165, 1.54) is 10.4 Å². The molecular weight excluding hydrogens is 275 g/mol. The Kier molecular flexibility index (Phi) is 13.0. The monoisotopic (exact) mass is 298 g/mol. The molecule has 1 aromatic heterocycles. The zero-order valence-electron chi connectivity index (χ0n) is 10.9. The summed E-state index contributed by atoms with van der Waals surface area (Å²) in [7, 11) is 0. The van der Waals surface area contributed by atoms with E-state index in [9.17, 15) is 0 Å². The van der Waals surface area contributed by atoms with Gasteiger partial charge in [-0.15, -0.1) is 36.2 Å². The Balaban J connectivity index is 0. The molecular formula is C12H24Cl2N2S. The van der Waals surface area contributed by atoms with E-state index in [0.717, 1.165) is 32.7 Å². The number of hydrogen-bond acceptors (Lipinski definition) is 3. The SMILES string of the molecule is CCN(CC)CCNCc1sccc1C.Cl.Cl. The Labute approximate surface area is 122 Å². The molecule has 0 saturated carbocycles. The van der Waals surface area contributed by atoms with Gasteiger partial charge in [0.15, 0.2) is 0 Å². The second-order valence-corrected chi connectivity index (χ2v) is 4.73. The number of likely N-dealkylation sites (N-methyl/N-ethyl adjacent to an activating group) is 1. The van der Waals surface area contributed by atoms with Crippen molar-refractivity contribution in [2.24, 2.45) is 0 Å². The van der Waals surface area contributed by atoms with Crippen molar-refractivity contribution in [3.8, 4) is 0 Å². The van der Waals surface area contributed by atoms with Gasteiger partial charge in [0.25, 0.3) is 0 Å². The van der Waals surface area contributed by atoms with Gasteiger partial charge >= 0.3 is 0 Å². The summed E-state index contributed by atoms with van der Waals surface area (Å²) in [6.45, 7) is 12.2. The van der Waals surface area contributed by atoms with Crippen molar-refractivity contribution in [1.29, 1.82) is 0 Å². The average Bonchev–Trinajstić information content (AvgIpc) is 2.65. The van der Waals surface area contributed by atoms with Gasteiger partial charge in [-0.3, -0.25) is 0 Å². The normalized spacial score (nSPS) is 9.88. The van der Waals surface area contributed by atoms with Gasteiger partial charge in [-0.05, 0) is 37.0 Å². The molecule has 102 valence electrons. The first-order valence-corrected chi connectivity index (χ1v) is 6.62. The van der Waals surface area contributed by atoms with Gasteiger partial charge in [0.1, 0.15) is 0 Å². The maximum absolute atomic E-state index is 3.50. The van der Waals surface area contributed by atoms with Gasteiger partial charge in [0.05, 0.1) is 0 Å². The first kappa shape index (κ1) is 19.5. The first-order valence-electron chi connectivity index (χ1n) is 5.74. The van der Waals surface area contributed by atoms with Crippen molar-refractivity contribution in [1.82, 2.24) is 10.2 Å². The fraction of sp³-hybridized carbons (Fsp3) is 0.667. The standard InChI is InChI=1S/C12H22N2S.2ClH/c1-4-14(5-2)8-7-13-10-12-11(3)6-9-15-12;;/h6,9,13H,4-5,7-8,10H2,1-3H3;2*1H. The molecule has 17 heavy (non-hydrogen) atoms. The van der Waals surface area contributed by atoms with Gasteiger partial charge in [0.2, 0.25) is 0 Å². The van der Waals surface area contributed by atoms with E-state index in [0.29, 0.717) is 0 Å². The minimum Gasteiger partial charge on any atom is -0.311 e. The maximum atomic E-state index is 3.50. The lowest BCUT2D eigenvalue weighted by Crippen LogP contribution is -2.31. The van der Waals surface area contributed by atoms with Crippen LogP contribution in [0, 0.1) is 6.92 Å². The number of halogens is 2. The van der Waals surface area contributed by atoms with Gasteiger partial charge in [-0.2, -0.15) is 0 Å². The second-order valence-electron chi connectivity index (χ2n) is 3.73. The van der Waals surface area contributed by atoms with Crippen molar-refractivity contribution < 1.29 is 0 Å². The largest absolute Gasteiger partial charge is 0.311 e. The highest BCUT2D eigenvalue weighted by atomic mass is 35.5. The van der Waals surface area contributed by atoms with Crippen LogP contribution in [-0.2, 0) is 6.54 Å². The molecule has 0 spiro atoms. The molecule has 1 rings (SSSR count). The molecule has 0 saturated heterocycles. The minimum atomic E-state index is 0. The molecule has 0 radical (unpaired) electrons. The van der Waals surface area contributed by atoms with E-state index in [2.05, 4.69) is 42.4 Å². The molecule has 0 bridgehead atoms. The van der Waals surface area contributed by atoms with Crippen molar-refractivity contribution in [2.45, 2.75) is 27.3 Å². The molecule has 1 N–H and O–H groups in total. The molecule has 0 aliphatic rings. The van der Waals surface area contributed by atoms with Crippen molar-refractivity contribution in [2.75, 3.05) is 26.2 Å². The minimum absolute atomic E-state index is 0. The van der Waals surface area contributed by atoms with E-state index in [1.54, 1.807) is 0 Å².